The minimum atomic E-state index is -0.0633. The van der Waals surface area contributed by atoms with Crippen molar-refractivity contribution in [3.63, 3.8) is 0 Å². The number of aromatic nitrogens is 2. The van der Waals surface area contributed by atoms with Crippen LogP contribution in [0.25, 0.3) is 0 Å². The van der Waals surface area contributed by atoms with Crippen LogP contribution in [-0.4, -0.2) is 28.1 Å². The van der Waals surface area contributed by atoms with Crippen molar-refractivity contribution < 1.29 is 0 Å². The van der Waals surface area contributed by atoms with Crippen molar-refractivity contribution in [1.29, 1.82) is 0 Å². The topological polar surface area (TPSA) is 46.9 Å². The maximum Gasteiger partial charge on any atom is 0.293 e. The van der Waals surface area contributed by atoms with Crippen molar-refractivity contribution in [3.8, 4) is 0 Å². The molecule has 0 saturated carbocycles. The van der Waals surface area contributed by atoms with Crippen LogP contribution in [-0.2, 0) is 7.05 Å². The number of hydrogen-bond acceptors (Lipinski definition) is 4. The van der Waals surface area contributed by atoms with E-state index in [1.54, 1.807) is 19.4 Å². The van der Waals surface area contributed by atoms with Gasteiger partial charge in [-0.05, 0) is 24.9 Å². The molecule has 0 aliphatic carbocycles. The van der Waals surface area contributed by atoms with Crippen LogP contribution in [0.1, 0.15) is 19.3 Å². The molecule has 0 saturated heterocycles. The highest BCUT2D eigenvalue weighted by atomic mass is 32.2. The van der Waals surface area contributed by atoms with Crippen LogP contribution in [0.2, 0.25) is 0 Å². The Hall–Kier alpha value is -0.970. The first-order valence-corrected chi connectivity index (χ1v) is 6.89. The second kappa shape index (κ2) is 7.33. The molecule has 0 fully saturated rings. The summed E-state index contributed by atoms with van der Waals surface area (Å²) in [7, 11) is 1.73. The second-order valence-corrected chi connectivity index (χ2v) is 4.66. The van der Waals surface area contributed by atoms with E-state index in [4.69, 9.17) is 0 Å². The number of nitrogens with one attached hydrogen (secondary N) is 1. The van der Waals surface area contributed by atoms with Crippen LogP contribution in [0, 0.1) is 0 Å². The lowest BCUT2D eigenvalue weighted by molar-refractivity contribution is 0.744. The Balaban J connectivity index is 2.27. The molecule has 5 heteroatoms. The molecule has 0 aliphatic heterocycles. The van der Waals surface area contributed by atoms with E-state index in [1.807, 2.05) is 11.8 Å². The Morgan fingerprint density at radius 1 is 1.44 bits per heavy atom. The number of nitrogens with zero attached hydrogens (tertiary/aromatic N) is 2. The van der Waals surface area contributed by atoms with Crippen molar-refractivity contribution in [2.75, 3.05) is 23.9 Å². The summed E-state index contributed by atoms with van der Waals surface area (Å²) < 4.78 is 1.53. The minimum Gasteiger partial charge on any atom is -0.365 e. The van der Waals surface area contributed by atoms with Gasteiger partial charge in [-0.3, -0.25) is 4.79 Å². The second-order valence-electron chi connectivity index (χ2n) is 3.67. The average Bonchev–Trinajstić information content (AvgIpc) is 2.29. The van der Waals surface area contributed by atoms with E-state index < -0.39 is 0 Å². The van der Waals surface area contributed by atoms with Gasteiger partial charge in [0.1, 0.15) is 0 Å². The molecule has 0 amide bonds. The van der Waals surface area contributed by atoms with Crippen LogP contribution in [0.15, 0.2) is 17.2 Å². The zero-order valence-electron chi connectivity index (χ0n) is 9.90. The molecular formula is C11H19N3OS. The number of thioether (sulfide) groups is 1. The summed E-state index contributed by atoms with van der Waals surface area (Å²) in [6.45, 7) is 0.820. The summed E-state index contributed by atoms with van der Waals surface area (Å²) in [6.07, 6.45) is 8.93. The smallest absolute Gasteiger partial charge is 0.293 e. The van der Waals surface area contributed by atoms with E-state index in [0.717, 1.165) is 13.0 Å². The molecule has 1 aromatic heterocycles. The van der Waals surface area contributed by atoms with Crippen molar-refractivity contribution in [3.05, 3.63) is 22.7 Å². The predicted octanol–water partition coefficient (Wildman–Crippen LogP) is 1.73. The molecule has 1 heterocycles. The molecule has 0 bridgehead atoms. The molecule has 1 aromatic rings. The van der Waals surface area contributed by atoms with Crippen molar-refractivity contribution in [1.82, 2.24) is 9.55 Å². The van der Waals surface area contributed by atoms with Gasteiger partial charge in [-0.1, -0.05) is 6.42 Å². The normalized spacial score (nSPS) is 10.4. The molecule has 4 nitrogen and oxygen atoms in total. The molecule has 0 aromatic carbocycles. The van der Waals surface area contributed by atoms with Gasteiger partial charge >= 0.3 is 0 Å². The summed E-state index contributed by atoms with van der Waals surface area (Å²) in [5, 5.41) is 3.08. The van der Waals surface area contributed by atoms with E-state index in [0.29, 0.717) is 5.82 Å². The zero-order valence-corrected chi connectivity index (χ0v) is 10.7. The van der Waals surface area contributed by atoms with Gasteiger partial charge < -0.3 is 9.88 Å². The summed E-state index contributed by atoms with van der Waals surface area (Å²) in [5.74, 6) is 1.67. The van der Waals surface area contributed by atoms with Crippen LogP contribution >= 0.6 is 11.8 Å². The van der Waals surface area contributed by atoms with Crippen molar-refractivity contribution in [2.24, 2.45) is 7.05 Å². The van der Waals surface area contributed by atoms with Crippen molar-refractivity contribution >= 4 is 17.6 Å². The number of hydrogen-bond donors (Lipinski definition) is 1. The maximum absolute atomic E-state index is 11.6. The summed E-state index contributed by atoms with van der Waals surface area (Å²) in [6, 6.07) is 0. The molecule has 16 heavy (non-hydrogen) atoms. The monoisotopic (exact) mass is 241 g/mol. The molecule has 0 radical (unpaired) electrons. The van der Waals surface area contributed by atoms with Gasteiger partial charge in [0.15, 0.2) is 5.82 Å². The van der Waals surface area contributed by atoms with Crippen LogP contribution in [0.5, 0.6) is 0 Å². The summed E-state index contributed by atoms with van der Waals surface area (Å²) in [4.78, 5) is 15.6. The van der Waals surface area contributed by atoms with E-state index in [2.05, 4.69) is 16.6 Å². The Labute approximate surface area is 100 Å². The fourth-order valence-electron chi connectivity index (χ4n) is 1.37. The van der Waals surface area contributed by atoms with Crippen LogP contribution in [0.4, 0.5) is 5.82 Å². The third-order valence-electron chi connectivity index (χ3n) is 2.33. The first-order valence-electron chi connectivity index (χ1n) is 5.50. The highest BCUT2D eigenvalue weighted by Crippen LogP contribution is 2.02. The molecule has 1 N–H and O–H groups in total. The Bertz CT molecular complexity index is 364. The summed E-state index contributed by atoms with van der Waals surface area (Å²) >= 11 is 1.87. The average molecular weight is 241 g/mol. The third kappa shape index (κ3) is 4.26. The van der Waals surface area contributed by atoms with Crippen molar-refractivity contribution in [2.45, 2.75) is 19.3 Å². The molecule has 90 valence electrons. The molecule has 0 aliphatic rings. The van der Waals surface area contributed by atoms with Gasteiger partial charge in [-0.2, -0.15) is 11.8 Å². The quantitative estimate of drug-likeness (QED) is 0.738. The highest BCUT2D eigenvalue weighted by Gasteiger charge is 2.00. The number of unbranched alkanes of at least 4 members (excludes halogenated alkanes) is 2. The van der Waals surface area contributed by atoms with Gasteiger partial charge in [0, 0.05) is 26.0 Å². The number of anilines is 1. The first-order chi connectivity index (χ1) is 7.75. The number of rotatable bonds is 7. The maximum atomic E-state index is 11.6. The summed E-state index contributed by atoms with van der Waals surface area (Å²) in [5.41, 5.74) is -0.0633. The lowest BCUT2D eigenvalue weighted by atomic mass is 10.2. The van der Waals surface area contributed by atoms with Gasteiger partial charge in [0.2, 0.25) is 0 Å². The standard InChI is InChI=1S/C11H19N3OS/c1-14-8-7-13-10(11(14)15)12-6-4-3-5-9-16-2/h7-8H,3-6,9H2,1-2H3,(H,12,13). The van der Waals surface area contributed by atoms with E-state index in [9.17, 15) is 4.79 Å². The molecule has 0 atom stereocenters. The fourth-order valence-corrected chi connectivity index (χ4v) is 1.87. The number of aryl methyl sites for hydroxylation is 1. The molecule has 1 rings (SSSR count). The third-order valence-corrected chi connectivity index (χ3v) is 3.03. The van der Waals surface area contributed by atoms with E-state index in [-0.39, 0.29) is 5.56 Å². The van der Waals surface area contributed by atoms with Gasteiger partial charge in [0.25, 0.3) is 5.56 Å². The Morgan fingerprint density at radius 2 is 2.25 bits per heavy atom. The van der Waals surface area contributed by atoms with E-state index >= 15 is 0 Å². The van der Waals surface area contributed by atoms with E-state index in [1.165, 1.54) is 23.2 Å². The van der Waals surface area contributed by atoms with Gasteiger partial charge in [-0.25, -0.2) is 4.98 Å². The SMILES string of the molecule is CSCCCCCNc1nccn(C)c1=O. The zero-order chi connectivity index (χ0) is 11.8. The fraction of sp³-hybridized carbons (Fsp3) is 0.636. The van der Waals surface area contributed by atoms with Crippen LogP contribution in [0.3, 0.4) is 0 Å². The predicted molar refractivity (Wildman–Crippen MR) is 70.2 cm³/mol. The molecule has 0 spiro atoms. The minimum absolute atomic E-state index is 0.0633. The lowest BCUT2D eigenvalue weighted by Crippen LogP contribution is -2.22. The Kier molecular flexibility index (Phi) is 6.00. The molecular weight excluding hydrogens is 222 g/mol. The first kappa shape index (κ1) is 13.1. The van der Waals surface area contributed by atoms with Gasteiger partial charge in [0.05, 0.1) is 0 Å². The Morgan fingerprint density at radius 3 is 3.00 bits per heavy atom. The van der Waals surface area contributed by atoms with Crippen LogP contribution < -0.4 is 10.9 Å². The largest absolute Gasteiger partial charge is 0.365 e. The lowest BCUT2D eigenvalue weighted by Gasteiger charge is -2.05. The van der Waals surface area contributed by atoms with Gasteiger partial charge in [-0.15, -0.1) is 0 Å². The molecule has 0 unspecified atom stereocenters. The highest BCUT2D eigenvalue weighted by molar-refractivity contribution is 7.98.